The highest BCUT2D eigenvalue weighted by atomic mass is 16.4. The number of nitrogens with zero attached hydrogens (tertiary/aromatic N) is 2. The number of carboxylic acids is 1. The van der Waals surface area contributed by atoms with Gasteiger partial charge in [-0.1, -0.05) is 42.5 Å². The molecule has 3 aromatic rings. The van der Waals surface area contributed by atoms with Gasteiger partial charge in [0.1, 0.15) is 6.34 Å². The minimum Gasteiger partial charge on any atom is -0.478 e. The van der Waals surface area contributed by atoms with E-state index in [9.17, 15) is 9.90 Å². The van der Waals surface area contributed by atoms with Crippen LogP contribution in [0.3, 0.4) is 0 Å². The quantitative estimate of drug-likeness (QED) is 0.137. The molecule has 0 aliphatic rings. The summed E-state index contributed by atoms with van der Waals surface area (Å²) in [7, 11) is 0. The molecule has 0 radical (unpaired) electrons. The van der Waals surface area contributed by atoms with Crippen LogP contribution >= 0.6 is 0 Å². The van der Waals surface area contributed by atoms with Crippen molar-refractivity contribution in [3.8, 4) is 0 Å². The number of anilines is 1. The molecule has 0 aliphatic carbocycles. The first kappa shape index (κ1) is 17.0. The summed E-state index contributed by atoms with van der Waals surface area (Å²) >= 11 is 0. The fraction of sp³-hybridized carbons (Fsp3) is 0. The molecular weight excluding hydrogens is 330 g/mol. The Morgan fingerprint density at radius 3 is 2.58 bits per heavy atom. The smallest absolute Gasteiger partial charge is 0.337 e. The summed E-state index contributed by atoms with van der Waals surface area (Å²) in [6.45, 7) is 0. The largest absolute Gasteiger partial charge is 0.478 e. The highest BCUT2D eigenvalue weighted by Gasteiger charge is 2.20. The van der Waals surface area contributed by atoms with Crippen molar-refractivity contribution < 1.29 is 9.90 Å². The number of carboxylic acid groups (broad SMARTS) is 1. The number of hydrogen-bond donors (Lipinski definition) is 4. The average molecular weight is 347 g/mol. The van der Waals surface area contributed by atoms with Gasteiger partial charge in [0.15, 0.2) is 0 Å². The lowest BCUT2D eigenvalue weighted by Gasteiger charge is -2.13. The number of H-pyrrole nitrogens is 1. The lowest BCUT2D eigenvalue weighted by molar-refractivity contribution is -0.130. The molecule has 7 nitrogen and oxygen atoms in total. The lowest BCUT2D eigenvalue weighted by Crippen LogP contribution is -2.06. The van der Waals surface area contributed by atoms with Gasteiger partial charge in [0.25, 0.3) is 0 Å². The van der Waals surface area contributed by atoms with E-state index in [0.29, 0.717) is 22.4 Å². The van der Waals surface area contributed by atoms with Gasteiger partial charge >= 0.3 is 5.97 Å². The van der Waals surface area contributed by atoms with Crippen LogP contribution in [0.1, 0.15) is 16.8 Å². The number of rotatable bonds is 6. The third-order valence-electron chi connectivity index (χ3n) is 3.75. The molecule has 2 aromatic carbocycles. The number of aromatic nitrogens is 2. The molecule has 0 fully saturated rings. The van der Waals surface area contributed by atoms with Crippen molar-refractivity contribution in [2.75, 3.05) is 5.32 Å². The summed E-state index contributed by atoms with van der Waals surface area (Å²) in [6, 6.07) is 16.3. The van der Waals surface area contributed by atoms with Crippen LogP contribution in [0, 0.1) is 0 Å². The van der Waals surface area contributed by atoms with Crippen LogP contribution in [-0.2, 0) is 4.79 Å². The number of nitrogens with two attached hydrogens (primary N) is 1. The molecule has 5 N–H and O–H groups in total. The standard InChI is InChI=1S/C19H17N5O2/c20-24-12-22-15-8-4-7-14(9-15)17(16-10-21-11-23-16)18(19(25)26)13-5-2-1-3-6-13/h1-12H,20H2,(H,21,23)(H,22,24)(H,25,26). The van der Waals surface area contributed by atoms with E-state index in [1.807, 2.05) is 30.3 Å². The number of benzene rings is 2. The van der Waals surface area contributed by atoms with E-state index in [2.05, 4.69) is 20.4 Å². The Labute approximate surface area is 149 Å². The molecule has 26 heavy (non-hydrogen) atoms. The number of hydrazone groups is 1. The number of carbonyl (C=O) groups is 1. The fourth-order valence-electron chi connectivity index (χ4n) is 2.68. The summed E-state index contributed by atoms with van der Waals surface area (Å²) < 4.78 is 0. The molecule has 0 amide bonds. The Bertz CT molecular complexity index is 947. The van der Waals surface area contributed by atoms with Crippen molar-refractivity contribution in [2.24, 2.45) is 10.9 Å². The average Bonchev–Trinajstić information content (AvgIpc) is 3.19. The van der Waals surface area contributed by atoms with Gasteiger partial charge in [0.2, 0.25) is 0 Å². The maximum absolute atomic E-state index is 12.1. The normalized spacial score (nSPS) is 12.0. The van der Waals surface area contributed by atoms with E-state index in [4.69, 9.17) is 5.84 Å². The molecule has 0 bridgehead atoms. The highest BCUT2D eigenvalue weighted by molar-refractivity contribution is 6.25. The molecule has 1 heterocycles. The predicted molar refractivity (Wildman–Crippen MR) is 101 cm³/mol. The number of imidazole rings is 1. The van der Waals surface area contributed by atoms with Crippen molar-refractivity contribution in [1.82, 2.24) is 9.97 Å². The second-order valence-electron chi connectivity index (χ2n) is 5.39. The Hall–Kier alpha value is -3.87. The molecule has 0 atom stereocenters. The Balaban J connectivity index is 2.25. The summed E-state index contributed by atoms with van der Waals surface area (Å²) in [5.41, 5.74) is 3.37. The summed E-state index contributed by atoms with van der Waals surface area (Å²) in [4.78, 5) is 19.2. The summed E-state index contributed by atoms with van der Waals surface area (Å²) in [6.07, 6.45) is 4.47. The molecular formula is C19H17N5O2. The van der Waals surface area contributed by atoms with E-state index in [1.54, 1.807) is 30.5 Å². The number of aromatic amines is 1. The van der Waals surface area contributed by atoms with Crippen LogP contribution in [-0.4, -0.2) is 27.4 Å². The van der Waals surface area contributed by atoms with Gasteiger partial charge in [-0.15, -0.1) is 0 Å². The minimum atomic E-state index is -1.03. The van der Waals surface area contributed by atoms with E-state index in [0.717, 1.165) is 5.69 Å². The predicted octanol–water partition coefficient (Wildman–Crippen LogP) is 2.77. The molecule has 0 spiro atoms. The molecule has 3 rings (SSSR count). The zero-order valence-corrected chi connectivity index (χ0v) is 13.8. The maximum Gasteiger partial charge on any atom is 0.337 e. The fourth-order valence-corrected chi connectivity index (χ4v) is 2.68. The van der Waals surface area contributed by atoms with Crippen LogP contribution < -0.4 is 11.2 Å². The van der Waals surface area contributed by atoms with Crippen LogP contribution in [0.2, 0.25) is 0 Å². The zero-order valence-electron chi connectivity index (χ0n) is 13.8. The Morgan fingerprint density at radius 1 is 1.15 bits per heavy atom. The van der Waals surface area contributed by atoms with Crippen LogP contribution in [0.4, 0.5) is 5.69 Å². The monoisotopic (exact) mass is 347 g/mol. The van der Waals surface area contributed by atoms with Gasteiger partial charge in [-0.2, -0.15) is 5.10 Å². The molecule has 0 saturated heterocycles. The molecule has 0 unspecified atom stereocenters. The summed E-state index contributed by atoms with van der Waals surface area (Å²) in [5.74, 6) is 4.10. The number of aliphatic carboxylic acids is 1. The lowest BCUT2D eigenvalue weighted by atomic mass is 9.92. The molecule has 0 saturated carbocycles. The first-order valence-electron chi connectivity index (χ1n) is 7.81. The highest BCUT2D eigenvalue weighted by Crippen LogP contribution is 2.32. The van der Waals surface area contributed by atoms with E-state index in [1.165, 1.54) is 12.7 Å². The first-order chi connectivity index (χ1) is 12.7. The van der Waals surface area contributed by atoms with Gasteiger partial charge in [-0.05, 0) is 23.3 Å². The van der Waals surface area contributed by atoms with Gasteiger partial charge < -0.3 is 21.2 Å². The SMILES string of the molecule is NN=CNc1cccc(C(=C(C(=O)O)c2ccccc2)c2cnc[nH]2)c1. The van der Waals surface area contributed by atoms with Gasteiger partial charge in [0, 0.05) is 11.3 Å². The maximum atomic E-state index is 12.1. The number of hydrogen-bond acceptors (Lipinski definition) is 4. The summed E-state index contributed by atoms with van der Waals surface area (Å²) in [5, 5.41) is 16.3. The second kappa shape index (κ2) is 7.80. The van der Waals surface area contributed by atoms with E-state index >= 15 is 0 Å². The Morgan fingerprint density at radius 2 is 1.92 bits per heavy atom. The van der Waals surface area contributed by atoms with Crippen molar-refractivity contribution in [3.05, 3.63) is 83.9 Å². The topological polar surface area (TPSA) is 116 Å². The van der Waals surface area contributed by atoms with Gasteiger partial charge in [-0.25, -0.2) is 9.78 Å². The third kappa shape index (κ3) is 3.62. The van der Waals surface area contributed by atoms with Crippen molar-refractivity contribution >= 4 is 29.1 Å². The van der Waals surface area contributed by atoms with Crippen molar-refractivity contribution in [1.29, 1.82) is 0 Å². The zero-order chi connectivity index (χ0) is 18.4. The molecule has 130 valence electrons. The van der Waals surface area contributed by atoms with Crippen LogP contribution in [0.5, 0.6) is 0 Å². The van der Waals surface area contributed by atoms with Gasteiger partial charge in [-0.3, -0.25) is 0 Å². The van der Waals surface area contributed by atoms with Gasteiger partial charge in [0.05, 0.1) is 23.8 Å². The van der Waals surface area contributed by atoms with Crippen LogP contribution in [0.25, 0.3) is 11.1 Å². The molecule has 0 aliphatic heterocycles. The number of nitrogens with one attached hydrogen (secondary N) is 2. The van der Waals surface area contributed by atoms with Crippen LogP contribution in [0.15, 0.2) is 72.2 Å². The van der Waals surface area contributed by atoms with Crippen molar-refractivity contribution in [2.45, 2.75) is 0 Å². The molecule has 7 heteroatoms. The molecule has 1 aromatic heterocycles. The minimum absolute atomic E-state index is 0.180. The second-order valence-corrected chi connectivity index (χ2v) is 5.39. The van der Waals surface area contributed by atoms with E-state index < -0.39 is 5.97 Å². The first-order valence-corrected chi connectivity index (χ1v) is 7.81. The van der Waals surface area contributed by atoms with E-state index in [-0.39, 0.29) is 5.57 Å². The Kier molecular flexibility index (Phi) is 5.09. The third-order valence-corrected chi connectivity index (χ3v) is 3.75. The van der Waals surface area contributed by atoms with Crippen molar-refractivity contribution in [3.63, 3.8) is 0 Å².